The van der Waals surface area contributed by atoms with E-state index in [2.05, 4.69) is 20.8 Å². The first-order valence-electron chi connectivity index (χ1n) is 8.02. The van der Waals surface area contributed by atoms with E-state index in [1.165, 1.54) is 18.2 Å². The molecule has 0 bridgehead atoms. The Labute approximate surface area is 154 Å². The van der Waals surface area contributed by atoms with E-state index in [0.29, 0.717) is 5.75 Å². The maximum atomic E-state index is 13.6. The van der Waals surface area contributed by atoms with Crippen LogP contribution in [-0.4, -0.2) is 23.2 Å². The smallest absolute Gasteiger partial charge is 0.229 e. The molecule has 0 fully saturated rings. The number of hydrogen-bond acceptors (Lipinski definition) is 5. The first kappa shape index (κ1) is 18.2. The van der Waals surface area contributed by atoms with Crippen molar-refractivity contribution in [2.45, 2.75) is 6.42 Å². The number of aromatic nitrogens is 2. The van der Waals surface area contributed by atoms with Crippen LogP contribution < -0.4 is 15.4 Å². The highest BCUT2D eigenvalue weighted by Gasteiger charge is 2.10. The number of amides is 1. The van der Waals surface area contributed by atoms with Gasteiger partial charge >= 0.3 is 0 Å². The number of carbonyl (C=O) groups excluding carboxylic acids is 1. The molecule has 1 amide bonds. The summed E-state index contributed by atoms with van der Waals surface area (Å²) in [6, 6.07) is 13.6. The van der Waals surface area contributed by atoms with E-state index in [4.69, 9.17) is 4.74 Å². The minimum atomic E-state index is -0.742. The van der Waals surface area contributed by atoms with Gasteiger partial charge in [-0.3, -0.25) is 4.79 Å². The molecule has 0 saturated heterocycles. The average molecular weight is 370 g/mol. The van der Waals surface area contributed by atoms with Crippen LogP contribution in [0.5, 0.6) is 5.75 Å². The molecule has 8 heteroatoms. The van der Waals surface area contributed by atoms with E-state index >= 15 is 0 Å². The van der Waals surface area contributed by atoms with Gasteiger partial charge in [-0.15, -0.1) is 10.2 Å². The molecular formula is C19H16F2N4O2. The van der Waals surface area contributed by atoms with E-state index in [0.717, 1.165) is 17.7 Å². The Morgan fingerprint density at radius 3 is 2.19 bits per heavy atom. The Hall–Kier alpha value is -3.55. The lowest BCUT2D eigenvalue weighted by atomic mass is 10.1. The number of anilines is 3. The highest BCUT2D eigenvalue weighted by molar-refractivity contribution is 5.91. The summed E-state index contributed by atoms with van der Waals surface area (Å²) in [5.41, 5.74) is 0.498. The van der Waals surface area contributed by atoms with E-state index in [1.54, 1.807) is 31.4 Å². The molecule has 0 spiro atoms. The maximum Gasteiger partial charge on any atom is 0.229 e. The van der Waals surface area contributed by atoms with E-state index in [1.807, 2.05) is 0 Å². The third kappa shape index (κ3) is 4.75. The zero-order chi connectivity index (χ0) is 19.2. The van der Waals surface area contributed by atoms with Crippen molar-refractivity contribution in [1.82, 2.24) is 10.2 Å². The number of rotatable bonds is 6. The van der Waals surface area contributed by atoms with Gasteiger partial charge in [0.1, 0.15) is 23.1 Å². The lowest BCUT2D eigenvalue weighted by Crippen LogP contribution is -2.15. The summed E-state index contributed by atoms with van der Waals surface area (Å²) in [6.07, 6.45) is 0.159. The van der Waals surface area contributed by atoms with Gasteiger partial charge in [0.2, 0.25) is 5.91 Å². The lowest BCUT2D eigenvalue weighted by Gasteiger charge is -2.08. The van der Waals surface area contributed by atoms with Gasteiger partial charge < -0.3 is 15.4 Å². The maximum absolute atomic E-state index is 13.6. The van der Waals surface area contributed by atoms with Gasteiger partial charge in [0.25, 0.3) is 0 Å². The van der Waals surface area contributed by atoms with Crippen LogP contribution in [0.3, 0.4) is 0 Å². The Morgan fingerprint density at radius 2 is 1.59 bits per heavy atom. The van der Waals surface area contributed by atoms with Gasteiger partial charge in [-0.1, -0.05) is 18.2 Å². The van der Waals surface area contributed by atoms with Gasteiger partial charge in [0.05, 0.1) is 13.5 Å². The second-order valence-electron chi connectivity index (χ2n) is 5.60. The van der Waals surface area contributed by atoms with Gasteiger partial charge in [-0.2, -0.15) is 0 Å². The van der Waals surface area contributed by atoms with Crippen molar-refractivity contribution in [3.8, 4) is 5.75 Å². The fraction of sp³-hybridized carbons (Fsp3) is 0.105. The normalized spacial score (nSPS) is 10.3. The fourth-order valence-corrected chi connectivity index (χ4v) is 2.33. The highest BCUT2D eigenvalue weighted by atomic mass is 19.1. The summed E-state index contributed by atoms with van der Waals surface area (Å²) in [5, 5.41) is 12.8. The van der Waals surface area contributed by atoms with Gasteiger partial charge in [-0.05, 0) is 42.0 Å². The number of halogens is 2. The molecule has 2 aromatic carbocycles. The van der Waals surface area contributed by atoms with E-state index in [9.17, 15) is 13.6 Å². The zero-order valence-electron chi connectivity index (χ0n) is 14.4. The van der Waals surface area contributed by atoms with Gasteiger partial charge in [0.15, 0.2) is 11.6 Å². The summed E-state index contributed by atoms with van der Waals surface area (Å²) in [6.45, 7) is 0. The van der Waals surface area contributed by atoms with Crippen LogP contribution >= 0.6 is 0 Å². The number of benzene rings is 2. The number of carbonyl (C=O) groups is 1. The van der Waals surface area contributed by atoms with Crippen molar-refractivity contribution in [3.63, 3.8) is 0 Å². The van der Waals surface area contributed by atoms with Crippen molar-refractivity contribution in [2.24, 2.45) is 0 Å². The topological polar surface area (TPSA) is 76.1 Å². The molecule has 27 heavy (non-hydrogen) atoms. The summed E-state index contributed by atoms with van der Waals surface area (Å²) in [4.78, 5) is 12.1. The van der Waals surface area contributed by atoms with Crippen LogP contribution in [0.25, 0.3) is 0 Å². The van der Waals surface area contributed by atoms with E-state index in [-0.39, 0.29) is 29.7 Å². The second kappa shape index (κ2) is 8.22. The molecule has 3 rings (SSSR count). The molecule has 0 aliphatic rings. The molecule has 1 heterocycles. The molecular weight excluding hydrogens is 354 g/mol. The predicted molar refractivity (Wildman–Crippen MR) is 97.0 cm³/mol. The molecule has 0 unspecified atom stereocenters. The van der Waals surface area contributed by atoms with Gasteiger partial charge in [0, 0.05) is 0 Å². The Kier molecular flexibility index (Phi) is 5.55. The van der Waals surface area contributed by atoms with Crippen LogP contribution in [0, 0.1) is 11.6 Å². The van der Waals surface area contributed by atoms with E-state index < -0.39 is 11.6 Å². The first-order valence-corrected chi connectivity index (χ1v) is 8.02. The molecule has 0 atom stereocenters. The van der Waals surface area contributed by atoms with Crippen LogP contribution in [0.15, 0.2) is 54.6 Å². The molecule has 0 aliphatic heterocycles. The van der Waals surface area contributed by atoms with Crippen molar-refractivity contribution < 1.29 is 18.3 Å². The van der Waals surface area contributed by atoms with Crippen molar-refractivity contribution >= 4 is 23.2 Å². The number of hydrogen-bond donors (Lipinski definition) is 2. The molecule has 2 N–H and O–H groups in total. The van der Waals surface area contributed by atoms with Crippen LogP contribution in [-0.2, 0) is 11.2 Å². The van der Waals surface area contributed by atoms with Crippen LogP contribution in [0.2, 0.25) is 0 Å². The standard InChI is InChI=1S/C19H16F2N4O2/c1-27-13-7-5-12(6-8-13)11-18(26)22-16-9-10-17(25-24-16)23-19-14(20)3-2-4-15(19)21/h2-10H,11H2,1H3,(H,23,25)(H,22,24,26). The summed E-state index contributed by atoms with van der Waals surface area (Å²) in [5.74, 6) is -0.669. The number of ether oxygens (including phenoxy) is 1. The highest BCUT2D eigenvalue weighted by Crippen LogP contribution is 2.22. The fourth-order valence-electron chi connectivity index (χ4n) is 2.33. The number of para-hydroxylation sites is 1. The molecule has 1 aromatic heterocycles. The molecule has 0 saturated carbocycles. The zero-order valence-corrected chi connectivity index (χ0v) is 14.4. The summed E-state index contributed by atoms with van der Waals surface area (Å²) < 4.78 is 32.3. The Balaban J connectivity index is 1.60. The molecule has 138 valence electrons. The Morgan fingerprint density at radius 1 is 0.963 bits per heavy atom. The number of nitrogens with one attached hydrogen (secondary N) is 2. The number of nitrogens with zero attached hydrogens (tertiary/aromatic N) is 2. The van der Waals surface area contributed by atoms with Crippen LogP contribution in [0.4, 0.5) is 26.1 Å². The number of methoxy groups -OCH3 is 1. The van der Waals surface area contributed by atoms with Gasteiger partial charge in [-0.25, -0.2) is 8.78 Å². The SMILES string of the molecule is COc1ccc(CC(=O)Nc2ccc(Nc3c(F)cccc3F)nn2)cc1. The van der Waals surface area contributed by atoms with Crippen molar-refractivity contribution in [2.75, 3.05) is 17.7 Å². The first-order chi connectivity index (χ1) is 13.0. The quantitative estimate of drug-likeness (QED) is 0.692. The van der Waals surface area contributed by atoms with Crippen molar-refractivity contribution in [3.05, 3.63) is 71.8 Å². The van der Waals surface area contributed by atoms with Crippen molar-refractivity contribution in [1.29, 1.82) is 0 Å². The average Bonchev–Trinajstić information content (AvgIpc) is 2.67. The Bertz CT molecular complexity index is 911. The predicted octanol–water partition coefficient (Wildman–Crippen LogP) is 3.69. The van der Waals surface area contributed by atoms with Crippen LogP contribution in [0.1, 0.15) is 5.56 Å². The molecule has 3 aromatic rings. The molecule has 0 aliphatic carbocycles. The molecule has 0 radical (unpaired) electrons. The summed E-state index contributed by atoms with van der Waals surface area (Å²) >= 11 is 0. The minimum absolute atomic E-state index is 0.146. The third-order valence-electron chi connectivity index (χ3n) is 3.67. The molecule has 6 nitrogen and oxygen atoms in total. The largest absolute Gasteiger partial charge is 0.497 e. The third-order valence-corrected chi connectivity index (χ3v) is 3.67. The second-order valence-corrected chi connectivity index (χ2v) is 5.60. The minimum Gasteiger partial charge on any atom is -0.497 e. The lowest BCUT2D eigenvalue weighted by molar-refractivity contribution is -0.115. The summed E-state index contributed by atoms with van der Waals surface area (Å²) in [7, 11) is 1.57. The monoisotopic (exact) mass is 370 g/mol.